The molecule has 1 aromatic carbocycles. The minimum atomic E-state index is -0.860. The zero-order chi connectivity index (χ0) is 10.8. The number of carboxylic acid groups (broad SMARTS) is 1. The molecule has 0 amide bonds. The van der Waals surface area contributed by atoms with E-state index in [4.69, 9.17) is 21.2 Å². The van der Waals surface area contributed by atoms with Crippen molar-refractivity contribution >= 4 is 28.5 Å². The maximum absolute atomic E-state index is 10.4. The Kier molecular flexibility index (Phi) is 2.60. The molecule has 0 unspecified atom stereocenters. The number of aromatic nitrogens is 1. The van der Waals surface area contributed by atoms with Gasteiger partial charge in [0.1, 0.15) is 11.3 Å². The molecule has 2 rings (SSSR count). The molecule has 1 N–H and O–H groups in total. The van der Waals surface area contributed by atoms with E-state index in [9.17, 15) is 4.79 Å². The number of carboxylic acids is 1. The Morgan fingerprint density at radius 2 is 2.33 bits per heavy atom. The van der Waals surface area contributed by atoms with Crippen LogP contribution in [0.3, 0.4) is 0 Å². The van der Waals surface area contributed by atoms with Crippen LogP contribution in [0.25, 0.3) is 10.9 Å². The highest BCUT2D eigenvalue weighted by Gasteiger charge is 2.11. The molecule has 0 aliphatic carbocycles. The van der Waals surface area contributed by atoms with Crippen molar-refractivity contribution in [1.82, 2.24) is 5.16 Å². The van der Waals surface area contributed by atoms with Crippen molar-refractivity contribution in [3.8, 4) is 0 Å². The lowest BCUT2D eigenvalue weighted by Crippen LogP contribution is -1.96. The SMILES string of the molecule is O=C(O)CCc1onc2c(Cl)cccc12. The number of hydrogen-bond acceptors (Lipinski definition) is 3. The average molecular weight is 226 g/mol. The highest BCUT2D eigenvalue weighted by Crippen LogP contribution is 2.25. The monoisotopic (exact) mass is 225 g/mol. The minimum absolute atomic E-state index is 0.0246. The van der Waals surface area contributed by atoms with Gasteiger partial charge in [-0.05, 0) is 12.1 Å². The number of halogens is 1. The van der Waals surface area contributed by atoms with Gasteiger partial charge in [0.2, 0.25) is 0 Å². The highest BCUT2D eigenvalue weighted by atomic mass is 35.5. The fourth-order valence-electron chi connectivity index (χ4n) is 1.38. The molecule has 0 bridgehead atoms. The van der Waals surface area contributed by atoms with E-state index < -0.39 is 5.97 Å². The van der Waals surface area contributed by atoms with Crippen LogP contribution in [0.4, 0.5) is 0 Å². The number of aliphatic carboxylic acids is 1. The van der Waals surface area contributed by atoms with Crippen LogP contribution in [0.2, 0.25) is 5.02 Å². The van der Waals surface area contributed by atoms with E-state index in [1.807, 2.05) is 6.07 Å². The lowest BCUT2D eigenvalue weighted by atomic mass is 10.1. The van der Waals surface area contributed by atoms with Gasteiger partial charge in [0, 0.05) is 11.8 Å². The first-order valence-electron chi connectivity index (χ1n) is 4.43. The fraction of sp³-hybridized carbons (Fsp3) is 0.200. The quantitative estimate of drug-likeness (QED) is 0.872. The molecular weight excluding hydrogens is 218 g/mol. The number of hydrogen-bond donors (Lipinski definition) is 1. The summed E-state index contributed by atoms with van der Waals surface area (Å²) in [6.07, 6.45) is 0.350. The van der Waals surface area contributed by atoms with Gasteiger partial charge in [-0.3, -0.25) is 4.79 Å². The summed E-state index contributed by atoms with van der Waals surface area (Å²) in [7, 11) is 0. The largest absolute Gasteiger partial charge is 0.481 e. The lowest BCUT2D eigenvalue weighted by Gasteiger charge is -1.93. The lowest BCUT2D eigenvalue weighted by molar-refractivity contribution is -0.137. The minimum Gasteiger partial charge on any atom is -0.481 e. The van der Waals surface area contributed by atoms with E-state index in [1.165, 1.54) is 0 Å². The van der Waals surface area contributed by atoms with Gasteiger partial charge in [0.05, 0.1) is 11.4 Å². The third kappa shape index (κ3) is 1.94. The molecule has 0 aliphatic heterocycles. The summed E-state index contributed by atoms with van der Waals surface area (Å²) < 4.78 is 5.05. The summed E-state index contributed by atoms with van der Waals surface area (Å²) in [5, 5.41) is 13.6. The third-order valence-electron chi connectivity index (χ3n) is 2.10. The smallest absolute Gasteiger partial charge is 0.303 e. The molecule has 1 aromatic heterocycles. The molecule has 0 fully saturated rings. The molecule has 2 aromatic rings. The summed E-state index contributed by atoms with van der Waals surface area (Å²) in [4.78, 5) is 10.4. The van der Waals surface area contributed by atoms with Crippen LogP contribution in [0, 0.1) is 0 Å². The summed E-state index contributed by atoms with van der Waals surface area (Å²) in [6, 6.07) is 5.31. The molecule has 5 heteroatoms. The molecule has 0 saturated carbocycles. The Bertz CT molecular complexity index is 506. The first-order valence-corrected chi connectivity index (χ1v) is 4.81. The second-order valence-corrected chi connectivity index (χ2v) is 3.54. The van der Waals surface area contributed by atoms with Crippen molar-refractivity contribution in [1.29, 1.82) is 0 Å². The van der Waals surface area contributed by atoms with E-state index in [-0.39, 0.29) is 6.42 Å². The van der Waals surface area contributed by atoms with Crippen LogP contribution in [-0.4, -0.2) is 16.2 Å². The van der Waals surface area contributed by atoms with E-state index in [1.54, 1.807) is 12.1 Å². The normalized spacial score (nSPS) is 10.7. The summed E-state index contributed by atoms with van der Waals surface area (Å²) in [5.41, 5.74) is 0.583. The summed E-state index contributed by atoms with van der Waals surface area (Å²) >= 11 is 5.89. The molecule has 0 saturated heterocycles. The van der Waals surface area contributed by atoms with Gasteiger partial charge >= 0.3 is 5.97 Å². The fourth-order valence-corrected chi connectivity index (χ4v) is 1.59. The maximum Gasteiger partial charge on any atom is 0.303 e. The van der Waals surface area contributed by atoms with Crippen LogP contribution < -0.4 is 0 Å². The van der Waals surface area contributed by atoms with Crippen molar-refractivity contribution in [3.05, 3.63) is 29.0 Å². The second kappa shape index (κ2) is 3.90. The Morgan fingerprint density at radius 1 is 1.53 bits per heavy atom. The van der Waals surface area contributed by atoms with E-state index >= 15 is 0 Å². The van der Waals surface area contributed by atoms with Gasteiger partial charge in [-0.25, -0.2) is 0 Å². The second-order valence-electron chi connectivity index (χ2n) is 3.14. The van der Waals surface area contributed by atoms with Gasteiger partial charge < -0.3 is 9.63 Å². The molecule has 0 radical (unpaired) electrons. The highest BCUT2D eigenvalue weighted by molar-refractivity contribution is 6.35. The van der Waals surface area contributed by atoms with E-state index in [0.717, 1.165) is 5.39 Å². The van der Waals surface area contributed by atoms with Gasteiger partial charge in [-0.2, -0.15) is 0 Å². The predicted octanol–water partition coefficient (Wildman–Crippen LogP) is 2.50. The van der Waals surface area contributed by atoms with Crippen molar-refractivity contribution in [2.75, 3.05) is 0 Å². The Hall–Kier alpha value is -1.55. The molecule has 0 spiro atoms. The Balaban J connectivity index is 2.37. The van der Waals surface area contributed by atoms with E-state index in [2.05, 4.69) is 5.16 Å². The Labute approximate surface area is 90.4 Å². The van der Waals surface area contributed by atoms with Crippen LogP contribution in [0.5, 0.6) is 0 Å². The molecule has 0 aliphatic rings. The van der Waals surface area contributed by atoms with Crippen molar-refractivity contribution in [2.45, 2.75) is 12.8 Å². The summed E-state index contributed by atoms with van der Waals surface area (Å²) in [6.45, 7) is 0. The molecule has 78 valence electrons. The summed E-state index contributed by atoms with van der Waals surface area (Å²) in [5.74, 6) is -0.295. The molecular formula is C10H8ClNO3. The number of fused-ring (bicyclic) bond motifs is 1. The van der Waals surface area contributed by atoms with Crippen molar-refractivity contribution in [2.24, 2.45) is 0 Å². The standard InChI is InChI=1S/C10H8ClNO3/c11-7-3-1-2-6-8(4-5-9(13)14)15-12-10(6)7/h1-3H,4-5H2,(H,13,14). The van der Waals surface area contributed by atoms with Crippen molar-refractivity contribution in [3.63, 3.8) is 0 Å². The molecule has 1 heterocycles. The zero-order valence-electron chi connectivity index (χ0n) is 7.74. The van der Waals surface area contributed by atoms with Gasteiger partial charge in [-0.1, -0.05) is 22.8 Å². The van der Waals surface area contributed by atoms with Crippen LogP contribution in [0.15, 0.2) is 22.7 Å². The van der Waals surface area contributed by atoms with Gasteiger partial charge in [-0.15, -0.1) is 0 Å². The van der Waals surface area contributed by atoms with Crippen LogP contribution >= 0.6 is 11.6 Å². The number of aryl methyl sites for hydroxylation is 1. The van der Waals surface area contributed by atoms with E-state index in [0.29, 0.717) is 22.7 Å². The maximum atomic E-state index is 10.4. The molecule has 4 nitrogen and oxygen atoms in total. The van der Waals surface area contributed by atoms with Crippen LogP contribution in [0.1, 0.15) is 12.2 Å². The predicted molar refractivity (Wildman–Crippen MR) is 55.0 cm³/mol. The molecule has 15 heavy (non-hydrogen) atoms. The number of rotatable bonds is 3. The number of nitrogens with zero attached hydrogens (tertiary/aromatic N) is 1. The van der Waals surface area contributed by atoms with Gasteiger partial charge in [0.15, 0.2) is 0 Å². The average Bonchev–Trinajstić information content (AvgIpc) is 2.59. The van der Waals surface area contributed by atoms with Gasteiger partial charge in [0.25, 0.3) is 0 Å². The number of benzene rings is 1. The topological polar surface area (TPSA) is 63.3 Å². The van der Waals surface area contributed by atoms with Crippen LogP contribution in [-0.2, 0) is 11.2 Å². The zero-order valence-corrected chi connectivity index (χ0v) is 8.49. The first kappa shape index (κ1) is 9.98. The first-order chi connectivity index (χ1) is 7.18. The Morgan fingerprint density at radius 3 is 3.07 bits per heavy atom. The molecule has 0 atom stereocenters. The number of carbonyl (C=O) groups is 1. The van der Waals surface area contributed by atoms with Crippen molar-refractivity contribution < 1.29 is 14.4 Å². The third-order valence-corrected chi connectivity index (χ3v) is 2.41.